The maximum Gasteiger partial charge on any atom is 0.0473 e. The first-order chi connectivity index (χ1) is 17.4. The molecule has 0 heterocycles. The number of rotatable bonds is 3. The fourth-order valence-corrected chi connectivity index (χ4v) is 5.84. The molecule has 37 heavy (non-hydrogen) atoms. The largest absolute Gasteiger partial charge is 0.398 e. The number of hydrogen-bond acceptors (Lipinski definition) is 1. The van der Waals surface area contributed by atoms with Gasteiger partial charge in [-0.15, -0.1) is 0 Å². The van der Waals surface area contributed by atoms with E-state index in [2.05, 4.69) is 133 Å². The molecule has 0 radical (unpaired) electrons. The summed E-state index contributed by atoms with van der Waals surface area (Å²) in [7, 11) is 0. The molecule has 4 aromatic rings. The molecule has 1 nitrogen and oxygen atoms in total. The summed E-state index contributed by atoms with van der Waals surface area (Å²) in [6, 6.07) is 31.1. The summed E-state index contributed by atoms with van der Waals surface area (Å²) >= 11 is 0. The third-order valence-electron chi connectivity index (χ3n) is 8.49. The zero-order valence-electron chi connectivity index (χ0n) is 23.6. The van der Waals surface area contributed by atoms with Crippen LogP contribution in [0, 0.1) is 0 Å². The van der Waals surface area contributed by atoms with Crippen LogP contribution in [0.25, 0.3) is 33.4 Å². The van der Waals surface area contributed by atoms with E-state index in [9.17, 15) is 0 Å². The average molecular weight is 488 g/mol. The van der Waals surface area contributed by atoms with E-state index in [0.29, 0.717) is 0 Å². The lowest BCUT2D eigenvalue weighted by Crippen LogP contribution is -2.33. The van der Waals surface area contributed by atoms with Crippen LogP contribution in [0.2, 0.25) is 0 Å². The quantitative estimate of drug-likeness (QED) is 0.286. The van der Waals surface area contributed by atoms with E-state index in [1.165, 1.54) is 51.8 Å². The second-order valence-corrected chi connectivity index (χ2v) is 13.2. The molecule has 0 amide bonds. The SMILES string of the molecule is CC(C)(C)c1cc(-c2ccccc2)cc(-c2cccc(-c3ccc4c(c3)C(C)(C)CCC4(C)C)c2N)c1. The van der Waals surface area contributed by atoms with Gasteiger partial charge in [-0.1, -0.05) is 127 Å². The van der Waals surface area contributed by atoms with Crippen molar-refractivity contribution in [1.82, 2.24) is 0 Å². The Balaban J connectivity index is 1.66. The zero-order chi connectivity index (χ0) is 26.6. The number of nitrogens with two attached hydrogens (primary N) is 1. The predicted octanol–water partition coefficient (Wildman–Crippen LogP) is 9.92. The molecule has 4 aromatic carbocycles. The highest BCUT2D eigenvalue weighted by Crippen LogP contribution is 2.47. The van der Waals surface area contributed by atoms with E-state index in [4.69, 9.17) is 5.73 Å². The van der Waals surface area contributed by atoms with Gasteiger partial charge in [0.25, 0.3) is 0 Å². The van der Waals surface area contributed by atoms with Gasteiger partial charge in [0.15, 0.2) is 0 Å². The summed E-state index contributed by atoms with van der Waals surface area (Å²) in [6.07, 6.45) is 2.42. The molecule has 190 valence electrons. The van der Waals surface area contributed by atoms with E-state index in [1.807, 2.05) is 0 Å². The second-order valence-electron chi connectivity index (χ2n) is 13.2. The lowest BCUT2D eigenvalue weighted by molar-refractivity contribution is 0.332. The smallest absolute Gasteiger partial charge is 0.0473 e. The van der Waals surface area contributed by atoms with Crippen molar-refractivity contribution in [2.24, 2.45) is 0 Å². The Morgan fingerprint density at radius 2 is 1.16 bits per heavy atom. The van der Waals surface area contributed by atoms with Crippen molar-refractivity contribution in [1.29, 1.82) is 0 Å². The Labute approximate surface area is 223 Å². The van der Waals surface area contributed by atoms with Gasteiger partial charge in [-0.25, -0.2) is 0 Å². The minimum absolute atomic E-state index is 0.0305. The van der Waals surface area contributed by atoms with Crippen molar-refractivity contribution in [3.05, 3.63) is 102 Å². The highest BCUT2D eigenvalue weighted by Gasteiger charge is 2.37. The first-order valence-electron chi connectivity index (χ1n) is 13.6. The molecule has 0 aliphatic heterocycles. The van der Waals surface area contributed by atoms with Crippen molar-refractivity contribution in [2.45, 2.75) is 77.6 Å². The molecule has 1 heteroatoms. The topological polar surface area (TPSA) is 26.0 Å². The van der Waals surface area contributed by atoms with Gasteiger partial charge < -0.3 is 5.73 Å². The van der Waals surface area contributed by atoms with Gasteiger partial charge in [-0.05, 0) is 74.1 Å². The van der Waals surface area contributed by atoms with Crippen molar-refractivity contribution >= 4 is 5.69 Å². The Kier molecular flexibility index (Phi) is 6.10. The molecule has 0 spiro atoms. The fourth-order valence-electron chi connectivity index (χ4n) is 5.84. The fraction of sp³-hybridized carbons (Fsp3) is 0.333. The molecule has 0 atom stereocenters. The van der Waals surface area contributed by atoms with E-state index in [-0.39, 0.29) is 16.2 Å². The van der Waals surface area contributed by atoms with Gasteiger partial charge in [0.1, 0.15) is 0 Å². The van der Waals surface area contributed by atoms with Crippen molar-refractivity contribution in [3.8, 4) is 33.4 Å². The first-order valence-corrected chi connectivity index (χ1v) is 13.6. The summed E-state index contributed by atoms with van der Waals surface area (Å²) < 4.78 is 0. The zero-order valence-corrected chi connectivity index (χ0v) is 23.6. The maximum absolute atomic E-state index is 6.99. The molecule has 0 saturated carbocycles. The van der Waals surface area contributed by atoms with Crippen LogP contribution < -0.4 is 5.73 Å². The van der Waals surface area contributed by atoms with E-state index < -0.39 is 0 Å². The molecular formula is C36H41N. The van der Waals surface area contributed by atoms with Crippen molar-refractivity contribution in [3.63, 3.8) is 0 Å². The van der Waals surface area contributed by atoms with Crippen LogP contribution in [0.15, 0.2) is 84.9 Å². The van der Waals surface area contributed by atoms with Crippen molar-refractivity contribution in [2.75, 3.05) is 5.73 Å². The summed E-state index contributed by atoms with van der Waals surface area (Å²) in [5, 5.41) is 0. The Morgan fingerprint density at radius 1 is 0.568 bits per heavy atom. The Morgan fingerprint density at radius 3 is 1.81 bits per heavy atom. The van der Waals surface area contributed by atoms with Crippen LogP contribution in [0.4, 0.5) is 5.69 Å². The lowest BCUT2D eigenvalue weighted by Gasteiger charge is -2.42. The number of anilines is 1. The molecule has 0 aromatic heterocycles. The number of para-hydroxylation sites is 1. The highest BCUT2D eigenvalue weighted by atomic mass is 14.6. The second kappa shape index (κ2) is 8.91. The molecule has 0 unspecified atom stereocenters. The van der Waals surface area contributed by atoms with Crippen LogP contribution in [0.3, 0.4) is 0 Å². The molecule has 1 aliphatic rings. The van der Waals surface area contributed by atoms with Gasteiger partial charge in [0.05, 0.1) is 0 Å². The summed E-state index contributed by atoms with van der Waals surface area (Å²) in [5.41, 5.74) is 19.5. The van der Waals surface area contributed by atoms with Crippen LogP contribution in [-0.4, -0.2) is 0 Å². The van der Waals surface area contributed by atoms with Gasteiger partial charge >= 0.3 is 0 Å². The van der Waals surface area contributed by atoms with Gasteiger partial charge in [-0.3, -0.25) is 0 Å². The van der Waals surface area contributed by atoms with Crippen molar-refractivity contribution < 1.29 is 0 Å². The van der Waals surface area contributed by atoms with Gasteiger partial charge in [0, 0.05) is 16.8 Å². The summed E-state index contributed by atoms with van der Waals surface area (Å²) in [4.78, 5) is 0. The molecule has 0 bridgehead atoms. The number of hydrogen-bond donors (Lipinski definition) is 1. The molecule has 5 rings (SSSR count). The van der Waals surface area contributed by atoms with E-state index >= 15 is 0 Å². The summed E-state index contributed by atoms with van der Waals surface area (Å²) in [6.45, 7) is 16.3. The third kappa shape index (κ3) is 4.73. The standard InChI is InChI=1S/C36H41N/c1-34(2,3)28-21-26(24-12-9-8-10-13-24)20-27(22-28)30-15-11-14-29(33(30)37)25-16-17-31-32(23-25)36(6,7)19-18-35(31,4)5/h8-17,20-23H,18-19,37H2,1-7H3. The van der Waals surface area contributed by atoms with Crippen LogP contribution in [0.1, 0.15) is 78.0 Å². The Bertz CT molecular complexity index is 1450. The lowest BCUT2D eigenvalue weighted by atomic mass is 9.63. The number of benzene rings is 4. The first kappa shape index (κ1) is 25.3. The number of fused-ring (bicyclic) bond motifs is 1. The monoisotopic (exact) mass is 487 g/mol. The third-order valence-corrected chi connectivity index (χ3v) is 8.49. The van der Waals surface area contributed by atoms with Gasteiger partial charge in [-0.2, -0.15) is 0 Å². The van der Waals surface area contributed by atoms with Crippen LogP contribution in [0.5, 0.6) is 0 Å². The van der Waals surface area contributed by atoms with E-state index in [0.717, 1.165) is 16.8 Å². The molecule has 2 N–H and O–H groups in total. The summed E-state index contributed by atoms with van der Waals surface area (Å²) in [5.74, 6) is 0. The van der Waals surface area contributed by atoms with Gasteiger partial charge in [0.2, 0.25) is 0 Å². The predicted molar refractivity (Wildman–Crippen MR) is 161 cm³/mol. The maximum atomic E-state index is 6.99. The Hall–Kier alpha value is -3.32. The van der Waals surface area contributed by atoms with Crippen LogP contribution in [-0.2, 0) is 16.2 Å². The highest BCUT2D eigenvalue weighted by molar-refractivity contribution is 5.90. The minimum atomic E-state index is 0.0305. The minimum Gasteiger partial charge on any atom is -0.398 e. The normalized spacial score (nSPS) is 16.3. The van der Waals surface area contributed by atoms with E-state index in [1.54, 1.807) is 0 Å². The molecular weight excluding hydrogens is 446 g/mol. The molecule has 0 saturated heterocycles. The molecule has 1 aliphatic carbocycles. The average Bonchev–Trinajstić information content (AvgIpc) is 2.86. The van der Waals surface area contributed by atoms with Crippen LogP contribution >= 0.6 is 0 Å². The number of nitrogen functional groups attached to an aromatic ring is 1. The molecule has 0 fully saturated rings.